The molecule has 1 aromatic heterocycles. The van der Waals surface area contributed by atoms with Gasteiger partial charge in [0.1, 0.15) is 11.5 Å². The van der Waals surface area contributed by atoms with E-state index in [9.17, 15) is 4.79 Å². The molecule has 1 aromatic carbocycles. The smallest absolute Gasteiger partial charge is 0.248 e. The number of ether oxygens (including phenoxy) is 2. The summed E-state index contributed by atoms with van der Waals surface area (Å²) in [4.78, 5) is 14.2. The Balaban J connectivity index is 2.07. The molecule has 0 saturated carbocycles. The van der Waals surface area contributed by atoms with Gasteiger partial charge >= 0.3 is 0 Å². The lowest BCUT2D eigenvalue weighted by Gasteiger charge is -2.10. The summed E-state index contributed by atoms with van der Waals surface area (Å²) in [5.41, 5.74) is 0.607. The Morgan fingerprint density at radius 1 is 1.19 bits per heavy atom. The molecule has 2 rings (SSSR count). The fourth-order valence-electron chi connectivity index (χ4n) is 1.78. The van der Waals surface area contributed by atoms with Gasteiger partial charge in [0, 0.05) is 21.9 Å². The number of methoxy groups -OCH3 is 2. The Kier molecular flexibility index (Phi) is 5.00. The molecule has 1 N–H and O–H groups in total. The first-order chi connectivity index (χ1) is 10.1. The summed E-state index contributed by atoms with van der Waals surface area (Å²) in [7, 11) is 3.13. The van der Waals surface area contributed by atoms with Gasteiger partial charge in [-0.25, -0.2) is 0 Å². The summed E-state index contributed by atoms with van der Waals surface area (Å²) in [5.74, 6) is 1.03. The second-order valence-corrected chi connectivity index (χ2v) is 5.66. The van der Waals surface area contributed by atoms with Crippen molar-refractivity contribution < 1.29 is 14.3 Å². The molecule has 1 amide bonds. The van der Waals surface area contributed by atoms with E-state index >= 15 is 0 Å². The number of aryl methyl sites for hydroxylation is 1. The molecule has 0 fully saturated rings. The molecule has 0 radical (unpaired) electrons. The van der Waals surface area contributed by atoms with Crippen LogP contribution >= 0.6 is 11.3 Å². The highest BCUT2D eigenvalue weighted by Crippen LogP contribution is 2.29. The minimum atomic E-state index is -0.204. The molecule has 5 heteroatoms. The number of thiophene rings is 1. The molecule has 2 aromatic rings. The number of carbonyl (C=O) groups is 1. The Hall–Kier alpha value is -2.27. The van der Waals surface area contributed by atoms with E-state index in [2.05, 4.69) is 5.32 Å². The molecule has 0 unspecified atom stereocenters. The van der Waals surface area contributed by atoms with Crippen molar-refractivity contribution in [3.63, 3.8) is 0 Å². The predicted molar refractivity (Wildman–Crippen MR) is 86.3 cm³/mol. The maximum Gasteiger partial charge on any atom is 0.248 e. The average molecular weight is 303 g/mol. The first-order valence-electron chi connectivity index (χ1n) is 6.40. The summed E-state index contributed by atoms with van der Waals surface area (Å²) >= 11 is 1.64. The normalized spacial score (nSPS) is 10.6. The molecular formula is C16H17NO3S. The van der Waals surface area contributed by atoms with Crippen molar-refractivity contribution in [2.24, 2.45) is 0 Å². The number of benzene rings is 1. The van der Waals surface area contributed by atoms with E-state index in [1.54, 1.807) is 49.8 Å². The summed E-state index contributed by atoms with van der Waals surface area (Å²) in [5, 5.41) is 2.79. The summed E-state index contributed by atoms with van der Waals surface area (Å²) in [6.07, 6.45) is 3.30. The fourth-order valence-corrected chi connectivity index (χ4v) is 2.56. The van der Waals surface area contributed by atoms with Crippen molar-refractivity contribution in [3.8, 4) is 11.5 Å². The Morgan fingerprint density at radius 3 is 2.62 bits per heavy atom. The minimum Gasteiger partial charge on any atom is -0.497 e. The maximum atomic E-state index is 11.9. The van der Waals surface area contributed by atoms with E-state index in [-0.39, 0.29) is 5.91 Å². The summed E-state index contributed by atoms with van der Waals surface area (Å²) in [6.45, 7) is 2.03. The zero-order valence-electron chi connectivity index (χ0n) is 12.2. The zero-order chi connectivity index (χ0) is 15.2. The Bertz CT molecular complexity index is 661. The van der Waals surface area contributed by atoms with Gasteiger partial charge < -0.3 is 14.8 Å². The lowest BCUT2D eigenvalue weighted by atomic mass is 10.2. The third kappa shape index (κ3) is 4.10. The van der Waals surface area contributed by atoms with Crippen LogP contribution < -0.4 is 14.8 Å². The van der Waals surface area contributed by atoms with Gasteiger partial charge in [0.15, 0.2) is 0 Å². The highest BCUT2D eigenvalue weighted by atomic mass is 32.1. The fraction of sp³-hybridized carbons (Fsp3) is 0.188. The topological polar surface area (TPSA) is 47.6 Å². The van der Waals surface area contributed by atoms with Crippen molar-refractivity contribution in [1.29, 1.82) is 0 Å². The van der Waals surface area contributed by atoms with Crippen LogP contribution in [0.15, 0.2) is 36.4 Å². The van der Waals surface area contributed by atoms with Crippen LogP contribution in [0, 0.1) is 6.92 Å². The molecule has 21 heavy (non-hydrogen) atoms. The van der Waals surface area contributed by atoms with Crippen LogP contribution in [0.2, 0.25) is 0 Å². The van der Waals surface area contributed by atoms with Gasteiger partial charge in [-0.05, 0) is 37.3 Å². The van der Waals surface area contributed by atoms with Gasteiger partial charge in [-0.1, -0.05) is 0 Å². The third-order valence-electron chi connectivity index (χ3n) is 2.83. The van der Waals surface area contributed by atoms with Crippen LogP contribution in [0.5, 0.6) is 11.5 Å². The Labute approximate surface area is 128 Å². The van der Waals surface area contributed by atoms with E-state index in [0.717, 1.165) is 4.88 Å². The second-order valence-electron chi connectivity index (χ2n) is 4.34. The van der Waals surface area contributed by atoms with E-state index in [1.165, 1.54) is 11.0 Å². The van der Waals surface area contributed by atoms with Crippen LogP contribution in [-0.2, 0) is 4.79 Å². The highest BCUT2D eigenvalue weighted by molar-refractivity contribution is 7.12. The van der Waals surface area contributed by atoms with Gasteiger partial charge in [0.2, 0.25) is 5.91 Å². The summed E-state index contributed by atoms with van der Waals surface area (Å²) < 4.78 is 10.4. The molecule has 0 aliphatic rings. The van der Waals surface area contributed by atoms with Crippen molar-refractivity contribution in [3.05, 3.63) is 46.2 Å². The molecule has 1 heterocycles. The lowest BCUT2D eigenvalue weighted by Crippen LogP contribution is -2.08. The van der Waals surface area contributed by atoms with Crippen molar-refractivity contribution in [2.75, 3.05) is 19.5 Å². The molecule has 0 atom stereocenters. The van der Waals surface area contributed by atoms with Gasteiger partial charge in [-0.15, -0.1) is 11.3 Å². The average Bonchev–Trinajstić information content (AvgIpc) is 2.91. The first kappa shape index (κ1) is 15.1. The van der Waals surface area contributed by atoms with Crippen LogP contribution in [0.3, 0.4) is 0 Å². The van der Waals surface area contributed by atoms with Gasteiger partial charge in [-0.3, -0.25) is 4.79 Å². The lowest BCUT2D eigenvalue weighted by molar-refractivity contribution is -0.111. The molecular weight excluding hydrogens is 286 g/mol. The first-order valence-corrected chi connectivity index (χ1v) is 7.21. The quantitative estimate of drug-likeness (QED) is 0.856. The Morgan fingerprint density at radius 2 is 2.00 bits per heavy atom. The largest absolute Gasteiger partial charge is 0.497 e. The molecule has 110 valence electrons. The number of carbonyl (C=O) groups excluding carboxylic acids is 1. The van der Waals surface area contributed by atoms with E-state index in [0.29, 0.717) is 17.2 Å². The predicted octanol–water partition coefficient (Wildman–Crippen LogP) is 3.73. The molecule has 0 aliphatic heterocycles. The van der Waals surface area contributed by atoms with Crippen LogP contribution in [0.25, 0.3) is 6.08 Å². The van der Waals surface area contributed by atoms with Crippen molar-refractivity contribution in [2.45, 2.75) is 6.92 Å². The van der Waals surface area contributed by atoms with Gasteiger partial charge in [-0.2, -0.15) is 0 Å². The summed E-state index contributed by atoms with van der Waals surface area (Å²) in [6, 6.07) is 9.25. The van der Waals surface area contributed by atoms with Crippen LogP contribution in [-0.4, -0.2) is 20.1 Å². The SMILES string of the molecule is COc1ccc(NC(=O)C=Cc2ccc(C)s2)c(OC)c1. The molecule has 4 nitrogen and oxygen atoms in total. The molecule has 0 spiro atoms. The van der Waals surface area contributed by atoms with Crippen LogP contribution in [0.1, 0.15) is 9.75 Å². The zero-order valence-corrected chi connectivity index (χ0v) is 13.0. The number of hydrogen-bond acceptors (Lipinski definition) is 4. The van der Waals surface area contributed by atoms with Gasteiger partial charge in [0.05, 0.1) is 19.9 Å². The molecule has 0 aliphatic carbocycles. The number of amides is 1. The number of rotatable bonds is 5. The highest BCUT2D eigenvalue weighted by Gasteiger charge is 2.07. The van der Waals surface area contributed by atoms with Gasteiger partial charge in [0.25, 0.3) is 0 Å². The van der Waals surface area contributed by atoms with Crippen molar-refractivity contribution in [1.82, 2.24) is 0 Å². The monoisotopic (exact) mass is 303 g/mol. The maximum absolute atomic E-state index is 11.9. The van der Waals surface area contributed by atoms with E-state index < -0.39 is 0 Å². The standard InChI is InChI=1S/C16H17NO3S/c1-11-4-6-13(21-11)7-9-16(18)17-14-8-5-12(19-2)10-15(14)20-3/h4-10H,1-3H3,(H,17,18). The molecule has 0 bridgehead atoms. The minimum absolute atomic E-state index is 0.204. The van der Waals surface area contributed by atoms with E-state index in [1.807, 2.05) is 19.1 Å². The molecule has 0 saturated heterocycles. The van der Waals surface area contributed by atoms with Crippen LogP contribution in [0.4, 0.5) is 5.69 Å². The number of hydrogen-bond donors (Lipinski definition) is 1. The second kappa shape index (κ2) is 6.95. The van der Waals surface area contributed by atoms with Crippen molar-refractivity contribution >= 4 is 29.0 Å². The third-order valence-corrected chi connectivity index (χ3v) is 3.79. The van der Waals surface area contributed by atoms with E-state index in [4.69, 9.17) is 9.47 Å². The number of anilines is 1. The number of nitrogens with one attached hydrogen (secondary N) is 1.